The Kier molecular flexibility index (Phi) is 2.26. The first-order valence-electron chi connectivity index (χ1n) is 4.16. The van der Waals surface area contributed by atoms with E-state index < -0.39 is 0 Å². The van der Waals surface area contributed by atoms with E-state index in [-0.39, 0.29) is 0 Å². The molecule has 1 aliphatic rings. The molecule has 4 heteroatoms. The highest BCUT2D eigenvalue weighted by Gasteiger charge is 2.14. The van der Waals surface area contributed by atoms with Crippen LogP contribution in [-0.2, 0) is 0 Å². The third-order valence-corrected chi connectivity index (χ3v) is 2.78. The summed E-state index contributed by atoms with van der Waals surface area (Å²) in [5.74, 6) is 0. The lowest BCUT2D eigenvalue weighted by Gasteiger charge is -2.26. The van der Waals surface area contributed by atoms with Crippen molar-refractivity contribution in [3.8, 4) is 0 Å². The monoisotopic (exact) mass is 216 g/mol. The molecule has 1 heterocycles. The van der Waals surface area contributed by atoms with Crippen LogP contribution < -0.4 is 10.6 Å². The van der Waals surface area contributed by atoms with Crippen LogP contribution in [0.5, 0.6) is 0 Å². The van der Waals surface area contributed by atoms with E-state index in [1.54, 1.807) is 0 Å². The minimum atomic E-state index is 0.421. The first-order chi connectivity index (χ1) is 6.16. The molecule has 0 amide bonds. The molecule has 1 aromatic carbocycles. The summed E-state index contributed by atoms with van der Waals surface area (Å²) >= 11 is 11.8. The van der Waals surface area contributed by atoms with Crippen molar-refractivity contribution in [1.29, 1.82) is 0 Å². The van der Waals surface area contributed by atoms with Crippen molar-refractivity contribution < 1.29 is 0 Å². The van der Waals surface area contributed by atoms with E-state index in [4.69, 9.17) is 23.2 Å². The van der Waals surface area contributed by atoms with E-state index in [9.17, 15) is 0 Å². The van der Waals surface area contributed by atoms with Crippen LogP contribution in [0.4, 0.5) is 11.4 Å². The highest BCUT2D eigenvalue weighted by molar-refractivity contribution is 6.42. The average molecular weight is 217 g/mol. The normalized spacial score (nSPS) is 20.1. The number of fused-ring (bicyclic) bond motifs is 1. The Morgan fingerprint density at radius 3 is 2.54 bits per heavy atom. The third kappa shape index (κ3) is 1.69. The molecule has 0 bridgehead atoms. The van der Waals surface area contributed by atoms with Crippen molar-refractivity contribution in [2.24, 2.45) is 0 Å². The maximum Gasteiger partial charge on any atom is 0.0614 e. The summed E-state index contributed by atoms with van der Waals surface area (Å²) in [5.41, 5.74) is 2.04. The molecule has 2 rings (SSSR count). The van der Waals surface area contributed by atoms with Gasteiger partial charge in [-0.2, -0.15) is 0 Å². The second kappa shape index (κ2) is 3.28. The Labute approximate surface area is 87.2 Å². The van der Waals surface area contributed by atoms with Gasteiger partial charge in [0.15, 0.2) is 0 Å². The van der Waals surface area contributed by atoms with Crippen LogP contribution in [-0.4, -0.2) is 12.6 Å². The lowest BCUT2D eigenvalue weighted by molar-refractivity contribution is 0.818. The number of hydrogen-bond acceptors (Lipinski definition) is 2. The van der Waals surface area contributed by atoms with Crippen LogP contribution in [0.2, 0.25) is 10.0 Å². The summed E-state index contributed by atoms with van der Waals surface area (Å²) in [7, 11) is 0. The molecule has 0 aliphatic carbocycles. The summed E-state index contributed by atoms with van der Waals surface area (Å²) in [5, 5.41) is 7.77. The van der Waals surface area contributed by atoms with Crippen LogP contribution in [0, 0.1) is 0 Å². The molecular weight excluding hydrogens is 207 g/mol. The smallest absolute Gasteiger partial charge is 0.0614 e. The predicted molar refractivity (Wildman–Crippen MR) is 58.0 cm³/mol. The van der Waals surface area contributed by atoms with Crippen LogP contribution in [0.25, 0.3) is 0 Å². The zero-order valence-electron chi connectivity index (χ0n) is 7.20. The Hall–Kier alpha value is -0.600. The van der Waals surface area contributed by atoms with Gasteiger partial charge in [0, 0.05) is 12.6 Å². The van der Waals surface area contributed by atoms with Crippen LogP contribution in [0.15, 0.2) is 12.1 Å². The van der Waals surface area contributed by atoms with E-state index >= 15 is 0 Å². The lowest BCUT2D eigenvalue weighted by atomic mass is 10.2. The second-order valence-electron chi connectivity index (χ2n) is 3.24. The Morgan fingerprint density at radius 1 is 1.23 bits per heavy atom. The number of hydrogen-bond donors (Lipinski definition) is 2. The molecule has 70 valence electrons. The highest BCUT2D eigenvalue weighted by Crippen LogP contribution is 2.34. The number of nitrogens with one attached hydrogen (secondary N) is 2. The predicted octanol–water partition coefficient (Wildman–Crippen LogP) is 3.22. The first-order valence-corrected chi connectivity index (χ1v) is 4.92. The van der Waals surface area contributed by atoms with Crippen molar-refractivity contribution in [2.45, 2.75) is 13.0 Å². The van der Waals surface area contributed by atoms with Gasteiger partial charge in [-0.15, -0.1) is 0 Å². The van der Waals surface area contributed by atoms with Crippen molar-refractivity contribution in [1.82, 2.24) is 0 Å². The number of anilines is 2. The van der Waals surface area contributed by atoms with Crippen molar-refractivity contribution in [3.05, 3.63) is 22.2 Å². The van der Waals surface area contributed by atoms with Crippen molar-refractivity contribution >= 4 is 34.6 Å². The van der Waals surface area contributed by atoms with Gasteiger partial charge >= 0.3 is 0 Å². The summed E-state index contributed by atoms with van der Waals surface area (Å²) in [4.78, 5) is 0. The fraction of sp³-hybridized carbons (Fsp3) is 0.333. The maximum absolute atomic E-state index is 5.89. The molecule has 0 fully saturated rings. The van der Waals surface area contributed by atoms with E-state index in [1.165, 1.54) is 0 Å². The lowest BCUT2D eigenvalue weighted by Crippen LogP contribution is -2.29. The molecule has 0 unspecified atom stereocenters. The summed E-state index contributed by atoms with van der Waals surface area (Å²) in [6, 6.07) is 4.12. The standard InChI is InChI=1S/C9H10Cl2N2/c1-5-4-12-8-2-6(10)7(11)3-9(8)13-5/h2-3,5,12-13H,4H2,1H3/t5-/m0/s1. The SMILES string of the molecule is C[C@H]1CNc2cc(Cl)c(Cl)cc2N1. The quantitative estimate of drug-likeness (QED) is 0.697. The van der Waals surface area contributed by atoms with Gasteiger partial charge in [-0.25, -0.2) is 0 Å². The molecule has 1 atom stereocenters. The van der Waals surface area contributed by atoms with E-state index in [2.05, 4.69) is 17.6 Å². The van der Waals surface area contributed by atoms with Gasteiger partial charge < -0.3 is 10.6 Å². The molecule has 1 aliphatic heterocycles. The Bertz CT molecular complexity index is 339. The van der Waals surface area contributed by atoms with Gasteiger partial charge in [0.25, 0.3) is 0 Å². The molecule has 2 N–H and O–H groups in total. The van der Waals surface area contributed by atoms with Crippen LogP contribution >= 0.6 is 23.2 Å². The number of benzene rings is 1. The highest BCUT2D eigenvalue weighted by atomic mass is 35.5. The van der Waals surface area contributed by atoms with Gasteiger partial charge in [0.2, 0.25) is 0 Å². The third-order valence-electron chi connectivity index (χ3n) is 2.06. The fourth-order valence-corrected chi connectivity index (χ4v) is 1.72. The largest absolute Gasteiger partial charge is 0.381 e. The minimum Gasteiger partial charge on any atom is -0.381 e. The Morgan fingerprint density at radius 2 is 1.85 bits per heavy atom. The Balaban J connectivity index is 2.43. The van der Waals surface area contributed by atoms with Gasteiger partial charge in [0.05, 0.1) is 21.4 Å². The number of rotatable bonds is 0. The zero-order valence-corrected chi connectivity index (χ0v) is 8.71. The molecule has 0 spiro atoms. The molecule has 0 saturated heterocycles. The van der Waals surface area contributed by atoms with Crippen LogP contribution in [0.3, 0.4) is 0 Å². The van der Waals surface area contributed by atoms with E-state index in [1.807, 2.05) is 12.1 Å². The summed E-state index contributed by atoms with van der Waals surface area (Å²) in [6.45, 7) is 3.02. The molecule has 0 aromatic heterocycles. The maximum atomic E-state index is 5.89. The van der Waals surface area contributed by atoms with Gasteiger partial charge in [-0.1, -0.05) is 23.2 Å². The number of halogens is 2. The molecular formula is C9H10Cl2N2. The molecule has 13 heavy (non-hydrogen) atoms. The second-order valence-corrected chi connectivity index (χ2v) is 4.05. The van der Waals surface area contributed by atoms with Crippen LogP contribution in [0.1, 0.15) is 6.92 Å². The zero-order chi connectivity index (χ0) is 9.42. The molecule has 1 aromatic rings. The average Bonchev–Trinajstić information content (AvgIpc) is 2.08. The molecule has 0 saturated carbocycles. The summed E-state index contributed by atoms with van der Waals surface area (Å²) < 4.78 is 0. The molecule has 2 nitrogen and oxygen atoms in total. The van der Waals surface area contributed by atoms with Gasteiger partial charge in [0.1, 0.15) is 0 Å². The van der Waals surface area contributed by atoms with Gasteiger partial charge in [-0.3, -0.25) is 0 Å². The van der Waals surface area contributed by atoms with Crippen molar-refractivity contribution in [3.63, 3.8) is 0 Å². The van der Waals surface area contributed by atoms with E-state index in [0.29, 0.717) is 16.1 Å². The first kappa shape index (κ1) is 8.97. The topological polar surface area (TPSA) is 24.1 Å². The minimum absolute atomic E-state index is 0.421. The fourth-order valence-electron chi connectivity index (χ4n) is 1.39. The van der Waals surface area contributed by atoms with Crippen molar-refractivity contribution in [2.75, 3.05) is 17.2 Å². The van der Waals surface area contributed by atoms with Gasteiger partial charge in [-0.05, 0) is 19.1 Å². The van der Waals surface area contributed by atoms with E-state index in [0.717, 1.165) is 17.9 Å². The summed E-state index contributed by atoms with van der Waals surface area (Å²) in [6.07, 6.45) is 0. The molecule has 0 radical (unpaired) electrons.